The van der Waals surface area contributed by atoms with Gasteiger partial charge in [-0.25, -0.2) is 4.39 Å². The number of methoxy groups -OCH3 is 2. The van der Waals surface area contributed by atoms with E-state index in [1.165, 1.54) is 7.11 Å². The van der Waals surface area contributed by atoms with Crippen molar-refractivity contribution >= 4 is 0 Å². The topological polar surface area (TPSA) is 44.5 Å². The lowest BCUT2D eigenvalue weighted by molar-refractivity contribution is 0.107. The first-order chi connectivity index (χ1) is 8.10. The number of ether oxygens (including phenoxy) is 2. The van der Waals surface area contributed by atoms with Crippen LogP contribution >= 0.6 is 0 Å². The molecule has 2 atom stereocenters. The second-order valence-electron chi connectivity index (χ2n) is 4.09. The van der Waals surface area contributed by atoms with Gasteiger partial charge in [-0.05, 0) is 25.8 Å². The van der Waals surface area contributed by atoms with Gasteiger partial charge in [0.05, 0.1) is 13.2 Å². The van der Waals surface area contributed by atoms with Gasteiger partial charge in [-0.1, -0.05) is 12.1 Å². The van der Waals surface area contributed by atoms with Crippen LogP contribution in [0.3, 0.4) is 0 Å². The standard InChI is InChI=1S/C13H20FNO2/c1-9(16-2)7-8-11(15)10-5-4-6-12(17-3)13(10)14/h4-6,9,11H,7-8,15H2,1-3H3. The molecule has 2 N–H and O–H groups in total. The fourth-order valence-corrected chi connectivity index (χ4v) is 1.66. The second-order valence-corrected chi connectivity index (χ2v) is 4.09. The highest BCUT2D eigenvalue weighted by atomic mass is 19.1. The Kier molecular flexibility index (Phi) is 5.38. The van der Waals surface area contributed by atoms with Crippen molar-refractivity contribution < 1.29 is 13.9 Å². The first-order valence-corrected chi connectivity index (χ1v) is 5.71. The maximum absolute atomic E-state index is 13.9. The third-order valence-electron chi connectivity index (χ3n) is 2.90. The number of rotatable bonds is 6. The molecule has 0 aliphatic carbocycles. The van der Waals surface area contributed by atoms with Crippen LogP contribution in [0.4, 0.5) is 4.39 Å². The van der Waals surface area contributed by atoms with Gasteiger partial charge in [-0.3, -0.25) is 0 Å². The first-order valence-electron chi connectivity index (χ1n) is 5.71. The van der Waals surface area contributed by atoms with Crippen LogP contribution in [0.25, 0.3) is 0 Å². The summed E-state index contributed by atoms with van der Waals surface area (Å²) < 4.78 is 24.0. The molecule has 1 aromatic carbocycles. The number of halogens is 1. The molecule has 0 fully saturated rings. The highest BCUT2D eigenvalue weighted by Crippen LogP contribution is 2.26. The zero-order chi connectivity index (χ0) is 12.8. The third kappa shape index (κ3) is 3.68. The highest BCUT2D eigenvalue weighted by molar-refractivity contribution is 5.32. The van der Waals surface area contributed by atoms with E-state index < -0.39 is 0 Å². The normalized spacial score (nSPS) is 14.4. The Hall–Kier alpha value is -1.13. The van der Waals surface area contributed by atoms with Crippen LogP contribution in [0.2, 0.25) is 0 Å². The number of nitrogens with two attached hydrogens (primary N) is 1. The zero-order valence-electron chi connectivity index (χ0n) is 10.6. The van der Waals surface area contributed by atoms with Crippen molar-refractivity contribution in [3.8, 4) is 5.75 Å². The summed E-state index contributed by atoms with van der Waals surface area (Å²) in [6.45, 7) is 1.97. The van der Waals surface area contributed by atoms with E-state index in [9.17, 15) is 4.39 Å². The molecule has 0 saturated heterocycles. The second kappa shape index (κ2) is 6.57. The van der Waals surface area contributed by atoms with E-state index in [4.69, 9.17) is 15.2 Å². The number of benzene rings is 1. The van der Waals surface area contributed by atoms with Gasteiger partial charge in [0.15, 0.2) is 11.6 Å². The summed E-state index contributed by atoms with van der Waals surface area (Å²) in [5.74, 6) is -0.134. The van der Waals surface area contributed by atoms with Crippen molar-refractivity contribution in [2.75, 3.05) is 14.2 Å². The van der Waals surface area contributed by atoms with Gasteiger partial charge in [0, 0.05) is 18.7 Å². The molecule has 4 heteroatoms. The summed E-state index contributed by atoms with van der Waals surface area (Å²) in [6.07, 6.45) is 1.61. The van der Waals surface area contributed by atoms with E-state index in [-0.39, 0.29) is 23.7 Å². The van der Waals surface area contributed by atoms with Crippen LogP contribution < -0.4 is 10.5 Å². The molecule has 3 nitrogen and oxygen atoms in total. The summed E-state index contributed by atoms with van der Waals surface area (Å²) >= 11 is 0. The lowest BCUT2D eigenvalue weighted by Crippen LogP contribution is -2.15. The lowest BCUT2D eigenvalue weighted by atomic mass is 10.0. The Balaban J connectivity index is 2.71. The summed E-state index contributed by atoms with van der Waals surface area (Å²) in [5, 5.41) is 0. The summed E-state index contributed by atoms with van der Waals surface area (Å²) in [7, 11) is 3.10. The average molecular weight is 241 g/mol. The van der Waals surface area contributed by atoms with E-state index in [1.807, 2.05) is 6.92 Å². The molecule has 96 valence electrons. The van der Waals surface area contributed by atoms with Gasteiger partial charge in [0.25, 0.3) is 0 Å². The van der Waals surface area contributed by atoms with Crippen molar-refractivity contribution in [3.63, 3.8) is 0 Å². The smallest absolute Gasteiger partial charge is 0.169 e. The van der Waals surface area contributed by atoms with Crippen LogP contribution in [-0.2, 0) is 4.74 Å². The monoisotopic (exact) mass is 241 g/mol. The lowest BCUT2D eigenvalue weighted by Gasteiger charge is -2.16. The molecule has 0 aliphatic heterocycles. The predicted octanol–water partition coefficient (Wildman–Crippen LogP) is 2.65. The number of hydrogen-bond acceptors (Lipinski definition) is 3. The SMILES string of the molecule is COc1cccc(C(N)CCC(C)OC)c1F. The minimum Gasteiger partial charge on any atom is -0.494 e. The molecule has 0 saturated carbocycles. The molecule has 0 spiro atoms. The zero-order valence-corrected chi connectivity index (χ0v) is 10.6. The van der Waals surface area contributed by atoms with E-state index in [0.29, 0.717) is 12.0 Å². The largest absolute Gasteiger partial charge is 0.494 e. The molecule has 1 aromatic rings. The van der Waals surface area contributed by atoms with Gasteiger partial charge in [0.1, 0.15) is 0 Å². The maximum atomic E-state index is 13.9. The van der Waals surface area contributed by atoms with E-state index in [1.54, 1.807) is 25.3 Å². The first kappa shape index (κ1) is 13.9. The van der Waals surface area contributed by atoms with Crippen LogP contribution in [-0.4, -0.2) is 20.3 Å². The Morgan fingerprint density at radius 1 is 1.29 bits per heavy atom. The molecule has 2 unspecified atom stereocenters. The molecule has 0 bridgehead atoms. The van der Waals surface area contributed by atoms with Gasteiger partial charge >= 0.3 is 0 Å². The summed E-state index contributed by atoms with van der Waals surface area (Å²) in [6, 6.07) is 4.70. The Labute approximate surface area is 102 Å². The van der Waals surface area contributed by atoms with Gasteiger partial charge in [0.2, 0.25) is 0 Å². The minimum absolute atomic E-state index is 0.134. The van der Waals surface area contributed by atoms with Gasteiger partial charge in [-0.2, -0.15) is 0 Å². The van der Waals surface area contributed by atoms with E-state index in [2.05, 4.69) is 0 Å². The average Bonchev–Trinajstić information content (AvgIpc) is 2.35. The van der Waals surface area contributed by atoms with E-state index >= 15 is 0 Å². The maximum Gasteiger partial charge on any atom is 0.169 e. The molecule has 0 aromatic heterocycles. The van der Waals surface area contributed by atoms with Crippen molar-refractivity contribution in [1.29, 1.82) is 0 Å². The summed E-state index contributed by atoms with van der Waals surface area (Å²) in [5.41, 5.74) is 6.46. The minimum atomic E-state index is -0.368. The van der Waals surface area contributed by atoms with E-state index in [0.717, 1.165) is 6.42 Å². The molecule has 17 heavy (non-hydrogen) atoms. The van der Waals surface area contributed by atoms with Crippen LogP contribution in [0.1, 0.15) is 31.4 Å². The van der Waals surface area contributed by atoms with Gasteiger partial charge < -0.3 is 15.2 Å². The van der Waals surface area contributed by atoms with Crippen LogP contribution in [0.5, 0.6) is 5.75 Å². The quantitative estimate of drug-likeness (QED) is 0.832. The Bertz CT molecular complexity index is 357. The molecule has 0 aliphatic rings. The Morgan fingerprint density at radius 2 is 2.00 bits per heavy atom. The molecular weight excluding hydrogens is 221 g/mol. The van der Waals surface area contributed by atoms with Crippen molar-refractivity contribution in [1.82, 2.24) is 0 Å². The number of hydrogen-bond donors (Lipinski definition) is 1. The Morgan fingerprint density at radius 3 is 2.59 bits per heavy atom. The van der Waals surface area contributed by atoms with Gasteiger partial charge in [-0.15, -0.1) is 0 Å². The highest BCUT2D eigenvalue weighted by Gasteiger charge is 2.15. The van der Waals surface area contributed by atoms with Crippen LogP contribution in [0.15, 0.2) is 18.2 Å². The van der Waals surface area contributed by atoms with Crippen molar-refractivity contribution in [2.45, 2.75) is 31.9 Å². The molecule has 1 rings (SSSR count). The third-order valence-corrected chi connectivity index (χ3v) is 2.90. The molecule has 0 heterocycles. The van der Waals surface area contributed by atoms with Crippen molar-refractivity contribution in [3.05, 3.63) is 29.6 Å². The fourth-order valence-electron chi connectivity index (χ4n) is 1.66. The summed E-state index contributed by atoms with van der Waals surface area (Å²) in [4.78, 5) is 0. The molecule has 0 radical (unpaired) electrons. The van der Waals surface area contributed by atoms with Crippen LogP contribution in [0, 0.1) is 5.82 Å². The van der Waals surface area contributed by atoms with Crippen molar-refractivity contribution in [2.24, 2.45) is 5.73 Å². The molecular formula is C13H20FNO2. The molecule has 0 amide bonds. The predicted molar refractivity (Wildman–Crippen MR) is 65.6 cm³/mol. The fraction of sp³-hybridized carbons (Fsp3) is 0.538.